The molecule has 0 aliphatic heterocycles. The Morgan fingerprint density at radius 3 is 2.33 bits per heavy atom. The maximum absolute atomic E-state index is 13.0. The first-order valence-corrected chi connectivity index (χ1v) is 3.02. The van der Waals surface area contributed by atoms with Gasteiger partial charge >= 0.3 is 0 Å². The summed E-state index contributed by atoms with van der Waals surface area (Å²) in [5.41, 5.74) is 0. The fourth-order valence-corrected chi connectivity index (χ4v) is 0.736. The first-order chi connectivity index (χ1) is 5.49. The van der Waals surface area contributed by atoms with Gasteiger partial charge in [0.2, 0.25) is 0 Å². The van der Waals surface area contributed by atoms with Gasteiger partial charge in [-0.3, -0.25) is 0 Å². The fraction of sp³-hybridized carbons (Fsp3) is 0.286. The minimum Gasteiger partial charge on any atom is -0.343 e. The molecule has 0 aromatic heterocycles. The molecule has 1 unspecified atom stereocenters. The monoisotopic (exact) mass is 181 g/mol. The van der Waals surface area contributed by atoms with Crippen LogP contribution in [0.2, 0.25) is 0 Å². The highest BCUT2D eigenvalue weighted by Gasteiger charge is 2.41. The Balaban J connectivity index is 3.00. The predicted octanol–water partition coefficient (Wildman–Crippen LogP) is 2.52. The first kappa shape index (κ1) is 9.25. The molecule has 0 saturated heterocycles. The van der Waals surface area contributed by atoms with Gasteiger partial charge in [0.1, 0.15) is 5.83 Å². The zero-order chi connectivity index (χ0) is 9.35. The highest BCUT2D eigenvalue weighted by Crippen LogP contribution is 2.37. The van der Waals surface area contributed by atoms with Crippen molar-refractivity contribution in [3.63, 3.8) is 0 Å². The van der Waals surface area contributed by atoms with Crippen molar-refractivity contribution in [3.8, 4) is 0 Å². The van der Waals surface area contributed by atoms with Crippen LogP contribution in [0.3, 0.4) is 0 Å². The molecule has 1 rings (SSSR count). The normalized spacial score (nSPS) is 30.6. The maximum atomic E-state index is 13.0. The van der Waals surface area contributed by atoms with E-state index in [1.165, 1.54) is 0 Å². The molecule has 0 spiro atoms. The summed E-state index contributed by atoms with van der Waals surface area (Å²) in [5.74, 6) is -7.40. The zero-order valence-electron chi connectivity index (χ0n) is 6.07. The van der Waals surface area contributed by atoms with Gasteiger partial charge < -0.3 is 4.74 Å². The van der Waals surface area contributed by atoms with Crippen molar-refractivity contribution in [1.82, 2.24) is 0 Å². The van der Waals surface area contributed by atoms with Gasteiger partial charge in [0.05, 0.1) is 6.42 Å². The first-order valence-electron chi connectivity index (χ1n) is 3.02. The van der Waals surface area contributed by atoms with Gasteiger partial charge in [0.25, 0.3) is 5.85 Å². The van der Waals surface area contributed by atoms with Crippen molar-refractivity contribution in [1.29, 1.82) is 0 Å². The van der Waals surface area contributed by atoms with Crippen LogP contribution in [0.5, 0.6) is 0 Å². The summed E-state index contributed by atoms with van der Waals surface area (Å²) in [7, 11) is 0.848. The molecule has 1 aliphatic rings. The number of halogens is 4. The lowest BCUT2D eigenvalue weighted by Gasteiger charge is -2.22. The summed E-state index contributed by atoms with van der Waals surface area (Å²) in [4.78, 5) is 0. The van der Waals surface area contributed by atoms with E-state index in [1.807, 2.05) is 0 Å². The smallest absolute Gasteiger partial charge is 0.271 e. The molecular weight excluding hydrogens is 176 g/mol. The topological polar surface area (TPSA) is 9.23 Å². The van der Waals surface area contributed by atoms with E-state index in [2.05, 4.69) is 4.74 Å². The summed E-state index contributed by atoms with van der Waals surface area (Å²) in [6.45, 7) is 0. The predicted molar refractivity (Wildman–Crippen MR) is 33.6 cm³/mol. The van der Waals surface area contributed by atoms with E-state index in [-0.39, 0.29) is 12.5 Å². The Hall–Kier alpha value is -0.840. The molecule has 12 heavy (non-hydrogen) atoms. The standard InChI is InChI=1S/C7H5F4O/c1-12-7(11)3-5(9)4(8)2-6(7)10/h2-3H,1H3. The zero-order valence-corrected chi connectivity index (χ0v) is 6.07. The third-order valence-electron chi connectivity index (χ3n) is 1.42. The van der Waals surface area contributed by atoms with Gasteiger partial charge in [-0.2, -0.15) is 0 Å². The molecule has 1 atom stereocenters. The molecular formula is C7H5F4O. The summed E-state index contributed by atoms with van der Waals surface area (Å²) in [5, 5.41) is 0. The second-order valence-electron chi connectivity index (χ2n) is 2.18. The van der Waals surface area contributed by atoms with Gasteiger partial charge in [-0.15, -0.1) is 0 Å². The second-order valence-corrected chi connectivity index (χ2v) is 2.18. The van der Waals surface area contributed by atoms with Gasteiger partial charge in [-0.05, 0) is 0 Å². The van der Waals surface area contributed by atoms with E-state index in [4.69, 9.17) is 0 Å². The van der Waals surface area contributed by atoms with Crippen molar-refractivity contribution in [2.45, 2.75) is 5.85 Å². The number of hydrogen-bond donors (Lipinski definition) is 0. The molecule has 0 N–H and O–H groups in total. The summed E-state index contributed by atoms with van der Waals surface area (Å²) < 4.78 is 54.1. The molecule has 0 amide bonds. The second kappa shape index (κ2) is 2.90. The van der Waals surface area contributed by atoms with Crippen LogP contribution >= 0.6 is 0 Å². The molecule has 1 nitrogen and oxygen atoms in total. The van der Waals surface area contributed by atoms with Crippen LogP contribution in [0, 0.1) is 6.42 Å². The van der Waals surface area contributed by atoms with Gasteiger partial charge in [0, 0.05) is 13.2 Å². The lowest BCUT2D eigenvalue weighted by atomic mass is 10.1. The van der Waals surface area contributed by atoms with E-state index in [1.54, 1.807) is 0 Å². The Labute approximate surface area is 66.3 Å². The van der Waals surface area contributed by atoms with Gasteiger partial charge in [-0.25, -0.2) is 17.6 Å². The number of ether oxygens (including phenoxy) is 1. The SMILES string of the molecule is COC1(F)[CH]C(F)=C(F)C=C1F. The molecule has 0 aromatic carbocycles. The lowest BCUT2D eigenvalue weighted by molar-refractivity contribution is -0.0775. The van der Waals surface area contributed by atoms with Crippen LogP contribution in [-0.2, 0) is 4.74 Å². The Morgan fingerprint density at radius 2 is 1.83 bits per heavy atom. The van der Waals surface area contributed by atoms with Crippen molar-refractivity contribution < 1.29 is 22.3 Å². The largest absolute Gasteiger partial charge is 0.343 e. The Kier molecular flexibility index (Phi) is 2.23. The molecule has 0 fully saturated rings. The molecule has 1 radical (unpaired) electrons. The third-order valence-corrected chi connectivity index (χ3v) is 1.42. The average Bonchev–Trinajstić information content (AvgIpc) is 2.01. The van der Waals surface area contributed by atoms with E-state index in [0.29, 0.717) is 0 Å². The number of hydrogen-bond acceptors (Lipinski definition) is 1. The van der Waals surface area contributed by atoms with Crippen LogP contribution in [0.15, 0.2) is 23.6 Å². The minimum absolute atomic E-state index is 0.0949. The number of alkyl halides is 1. The van der Waals surface area contributed by atoms with E-state index in [0.717, 1.165) is 7.11 Å². The van der Waals surface area contributed by atoms with Crippen molar-refractivity contribution in [2.75, 3.05) is 7.11 Å². The number of methoxy groups -OCH3 is 1. The van der Waals surface area contributed by atoms with Crippen molar-refractivity contribution >= 4 is 0 Å². The molecule has 5 heteroatoms. The highest BCUT2D eigenvalue weighted by molar-refractivity contribution is 5.35. The lowest BCUT2D eigenvalue weighted by Crippen LogP contribution is -2.29. The van der Waals surface area contributed by atoms with Crippen LogP contribution < -0.4 is 0 Å². The van der Waals surface area contributed by atoms with Crippen LogP contribution in [0.25, 0.3) is 0 Å². The fourth-order valence-electron chi connectivity index (χ4n) is 0.736. The average molecular weight is 181 g/mol. The Bertz CT molecular complexity index is 258. The molecule has 0 aromatic rings. The van der Waals surface area contributed by atoms with Crippen molar-refractivity contribution in [2.24, 2.45) is 0 Å². The summed E-state index contributed by atoms with van der Waals surface area (Å²) >= 11 is 0. The van der Waals surface area contributed by atoms with Crippen LogP contribution in [-0.4, -0.2) is 13.0 Å². The van der Waals surface area contributed by atoms with E-state index < -0.39 is 23.3 Å². The summed E-state index contributed by atoms with van der Waals surface area (Å²) in [6.07, 6.45) is 0.205. The molecule has 0 saturated carbocycles. The van der Waals surface area contributed by atoms with Crippen molar-refractivity contribution in [3.05, 3.63) is 30.0 Å². The van der Waals surface area contributed by atoms with Crippen LogP contribution in [0.4, 0.5) is 17.6 Å². The molecule has 1 aliphatic carbocycles. The highest BCUT2D eigenvalue weighted by atomic mass is 19.2. The van der Waals surface area contributed by atoms with E-state index in [9.17, 15) is 17.6 Å². The van der Waals surface area contributed by atoms with E-state index >= 15 is 0 Å². The Morgan fingerprint density at radius 1 is 1.25 bits per heavy atom. The number of rotatable bonds is 1. The van der Waals surface area contributed by atoms with Crippen LogP contribution in [0.1, 0.15) is 0 Å². The summed E-state index contributed by atoms with van der Waals surface area (Å²) in [6, 6.07) is 0. The third kappa shape index (κ3) is 1.36. The molecule has 0 bridgehead atoms. The number of allylic oxidation sites excluding steroid dienone is 2. The van der Waals surface area contributed by atoms with Gasteiger partial charge in [0.15, 0.2) is 11.7 Å². The molecule has 0 heterocycles. The quantitative estimate of drug-likeness (QED) is 0.565. The molecule has 67 valence electrons. The maximum Gasteiger partial charge on any atom is 0.271 e. The van der Waals surface area contributed by atoms with Gasteiger partial charge in [-0.1, -0.05) is 0 Å². The minimum atomic E-state index is -2.97.